The molecule has 4 rings (SSSR count). The summed E-state index contributed by atoms with van der Waals surface area (Å²) in [4.78, 5) is 26.5. The fourth-order valence-corrected chi connectivity index (χ4v) is 3.92. The van der Waals surface area contributed by atoms with Crippen LogP contribution in [0, 0.1) is 5.82 Å². The van der Waals surface area contributed by atoms with Crippen LogP contribution in [0.1, 0.15) is 11.1 Å². The molecule has 4 nitrogen and oxygen atoms in total. The maximum absolute atomic E-state index is 13.7. The Morgan fingerprint density at radius 2 is 1.77 bits per heavy atom. The Bertz CT molecular complexity index is 1150. The van der Waals surface area contributed by atoms with E-state index in [0.717, 1.165) is 22.2 Å². The first-order valence-electron chi connectivity index (χ1n) is 9.01. The van der Waals surface area contributed by atoms with Crippen molar-refractivity contribution in [2.45, 2.75) is 6.61 Å². The normalized spacial score (nSPS) is 15.1. The molecule has 7 heteroatoms. The van der Waals surface area contributed by atoms with Gasteiger partial charge in [0.25, 0.3) is 11.1 Å². The number of carbonyl (C=O) groups is 2. The zero-order valence-electron chi connectivity index (χ0n) is 15.5. The minimum atomic E-state index is -0.396. The monoisotopic (exact) mass is 439 g/mol. The molecule has 0 radical (unpaired) electrons. The lowest BCUT2D eigenvalue weighted by Crippen LogP contribution is -2.27. The van der Waals surface area contributed by atoms with Crippen molar-refractivity contribution in [3.05, 3.63) is 99.7 Å². The molecule has 1 heterocycles. The predicted molar refractivity (Wildman–Crippen MR) is 117 cm³/mol. The molecule has 30 heavy (non-hydrogen) atoms. The molecular weight excluding hydrogens is 425 g/mol. The van der Waals surface area contributed by atoms with Crippen LogP contribution in [0.4, 0.5) is 14.9 Å². The highest BCUT2D eigenvalue weighted by Crippen LogP contribution is 2.36. The zero-order chi connectivity index (χ0) is 21.1. The maximum atomic E-state index is 13.7. The first-order valence-corrected chi connectivity index (χ1v) is 10.2. The molecule has 1 fully saturated rings. The first-order chi connectivity index (χ1) is 14.5. The van der Waals surface area contributed by atoms with Gasteiger partial charge in [-0.05, 0) is 59.8 Å². The number of imide groups is 1. The second kappa shape index (κ2) is 8.73. The number of anilines is 1. The molecule has 3 aromatic carbocycles. The molecule has 150 valence electrons. The fraction of sp³-hybridized carbons (Fsp3) is 0.0435. The number of halogens is 2. The summed E-state index contributed by atoms with van der Waals surface area (Å²) in [6.07, 6.45) is 1.65. The lowest BCUT2D eigenvalue weighted by atomic mass is 10.2. The van der Waals surface area contributed by atoms with Gasteiger partial charge in [-0.3, -0.25) is 9.59 Å². The second-order valence-corrected chi connectivity index (χ2v) is 7.88. The van der Waals surface area contributed by atoms with Gasteiger partial charge in [-0.1, -0.05) is 48.0 Å². The number of nitrogens with zero attached hydrogens (tertiary/aromatic N) is 1. The van der Waals surface area contributed by atoms with E-state index in [-0.39, 0.29) is 17.7 Å². The van der Waals surface area contributed by atoms with Crippen LogP contribution in [0.25, 0.3) is 6.08 Å². The van der Waals surface area contributed by atoms with E-state index in [1.54, 1.807) is 72.8 Å². The Hall–Kier alpha value is -3.09. The van der Waals surface area contributed by atoms with Crippen LogP contribution in [0.5, 0.6) is 5.75 Å². The van der Waals surface area contributed by atoms with Gasteiger partial charge in [0.1, 0.15) is 18.2 Å². The number of thioether (sulfide) groups is 1. The number of hydrogen-bond acceptors (Lipinski definition) is 4. The summed E-state index contributed by atoms with van der Waals surface area (Å²) in [6.45, 7) is 0.116. The van der Waals surface area contributed by atoms with Crippen molar-refractivity contribution < 1.29 is 18.7 Å². The molecule has 0 aliphatic carbocycles. The third-order valence-electron chi connectivity index (χ3n) is 4.39. The molecular formula is C23H15ClFNO3S. The van der Waals surface area contributed by atoms with Crippen molar-refractivity contribution in [1.82, 2.24) is 0 Å². The van der Waals surface area contributed by atoms with Crippen LogP contribution in [-0.2, 0) is 11.4 Å². The van der Waals surface area contributed by atoms with Crippen LogP contribution < -0.4 is 9.64 Å². The fourth-order valence-electron chi connectivity index (χ4n) is 2.89. The van der Waals surface area contributed by atoms with Gasteiger partial charge < -0.3 is 4.74 Å². The molecule has 0 aromatic heterocycles. The standard InChI is InChI=1S/C23H15ClFNO3S/c24-17-5-3-6-18(13-17)26-22(27)21(30-23(26)28)12-15-8-10-19(11-9-15)29-14-16-4-1-2-7-20(16)25/h1-13H,14H2/b21-12+. The van der Waals surface area contributed by atoms with Crippen LogP contribution in [0.3, 0.4) is 0 Å². The summed E-state index contributed by atoms with van der Waals surface area (Å²) in [6, 6.07) is 20.0. The van der Waals surface area contributed by atoms with E-state index >= 15 is 0 Å². The van der Waals surface area contributed by atoms with E-state index in [9.17, 15) is 14.0 Å². The topological polar surface area (TPSA) is 46.6 Å². The molecule has 2 amide bonds. The molecule has 0 saturated carbocycles. The van der Waals surface area contributed by atoms with E-state index in [1.807, 2.05) is 0 Å². The summed E-state index contributed by atoms with van der Waals surface area (Å²) in [5, 5.41) is 0.0693. The maximum Gasteiger partial charge on any atom is 0.298 e. The van der Waals surface area contributed by atoms with Crippen molar-refractivity contribution in [3.63, 3.8) is 0 Å². The number of benzene rings is 3. The SMILES string of the molecule is O=C1S/C(=C/c2ccc(OCc3ccccc3F)cc2)C(=O)N1c1cccc(Cl)c1. The molecule has 0 N–H and O–H groups in total. The van der Waals surface area contributed by atoms with Gasteiger partial charge in [-0.15, -0.1) is 0 Å². The predicted octanol–water partition coefficient (Wildman–Crippen LogP) is 6.30. The Morgan fingerprint density at radius 3 is 2.50 bits per heavy atom. The molecule has 3 aromatic rings. The molecule has 0 atom stereocenters. The Morgan fingerprint density at radius 1 is 1.00 bits per heavy atom. The minimum absolute atomic E-state index is 0.116. The molecule has 1 aliphatic rings. The van der Waals surface area contributed by atoms with Crippen molar-refractivity contribution in [3.8, 4) is 5.75 Å². The van der Waals surface area contributed by atoms with E-state index < -0.39 is 5.91 Å². The lowest BCUT2D eigenvalue weighted by molar-refractivity contribution is -0.113. The van der Waals surface area contributed by atoms with E-state index in [0.29, 0.717) is 26.9 Å². The van der Waals surface area contributed by atoms with Crippen LogP contribution >= 0.6 is 23.4 Å². The molecule has 0 bridgehead atoms. The zero-order valence-corrected chi connectivity index (χ0v) is 17.1. The number of ether oxygens (including phenoxy) is 1. The van der Waals surface area contributed by atoms with Gasteiger partial charge in [0.15, 0.2) is 0 Å². The van der Waals surface area contributed by atoms with E-state index in [2.05, 4.69) is 0 Å². The van der Waals surface area contributed by atoms with E-state index in [1.165, 1.54) is 6.07 Å². The number of hydrogen-bond donors (Lipinski definition) is 0. The third-order valence-corrected chi connectivity index (χ3v) is 5.49. The molecule has 0 unspecified atom stereocenters. The quantitative estimate of drug-likeness (QED) is 0.438. The Labute approximate surface area is 181 Å². The lowest BCUT2D eigenvalue weighted by Gasteiger charge is -2.12. The van der Waals surface area contributed by atoms with Gasteiger partial charge in [-0.25, -0.2) is 9.29 Å². The second-order valence-electron chi connectivity index (χ2n) is 6.45. The first kappa shape index (κ1) is 20.2. The Kier molecular flexibility index (Phi) is 5.88. The van der Waals surface area contributed by atoms with Gasteiger partial charge in [-0.2, -0.15) is 0 Å². The van der Waals surface area contributed by atoms with Gasteiger partial charge >= 0.3 is 0 Å². The summed E-state index contributed by atoms with van der Waals surface area (Å²) >= 11 is 6.84. The minimum Gasteiger partial charge on any atom is -0.489 e. The highest BCUT2D eigenvalue weighted by Gasteiger charge is 2.36. The number of rotatable bonds is 5. The average Bonchev–Trinajstić information content (AvgIpc) is 3.01. The molecule has 0 spiro atoms. The van der Waals surface area contributed by atoms with Crippen molar-refractivity contribution in [2.75, 3.05) is 4.90 Å². The van der Waals surface area contributed by atoms with Gasteiger partial charge in [0.05, 0.1) is 10.6 Å². The summed E-state index contributed by atoms with van der Waals surface area (Å²) < 4.78 is 19.3. The average molecular weight is 440 g/mol. The smallest absolute Gasteiger partial charge is 0.298 e. The van der Waals surface area contributed by atoms with Crippen LogP contribution in [0.2, 0.25) is 5.02 Å². The summed E-state index contributed by atoms with van der Waals surface area (Å²) in [5.74, 6) is -0.140. The van der Waals surface area contributed by atoms with Crippen LogP contribution in [-0.4, -0.2) is 11.1 Å². The Balaban J connectivity index is 1.46. The van der Waals surface area contributed by atoms with Crippen LogP contribution in [0.15, 0.2) is 77.7 Å². The summed E-state index contributed by atoms with van der Waals surface area (Å²) in [7, 11) is 0. The largest absolute Gasteiger partial charge is 0.489 e. The van der Waals surface area contributed by atoms with Crippen molar-refractivity contribution in [1.29, 1.82) is 0 Å². The highest BCUT2D eigenvalue weighted by atomic mass is 35.5. The number of carbonyl (C=O) groups excluding carboxylic acids is 2. The van der Waals surface area contributed by atoms with Gasteiger partial charge in [0.2, 0.25) is 0 Å². The molecule has 1 saturated heterocycles. The van der Waals surface area contributed by atoms with Gasteiger partial charge in [0, 0.05) is 10.6 Å². The molecule has 1 aliphatic heterocycles. The van der Waals surface area contributed by atoms with Crippen molar-refractivity contribution in [2.24, 2.45) is 0 Å². The van der Waals surface area contributed by atoms with E-state index in [4.69, 9.17) is 16.3 Å². The highest BCUT2D eigenvalue weighted by molar-refractivity contribution is 8.19. The van der Waals surface area contributed by atoms with Crippen molar-refractivity contribution >= 4 is 46.3 Å². The third kappa shape index (κ3) is 4.40. The number of amides is 2. The summed E-state index contributed by atoms with van der Waals surface area (Å²) in [5.41, 5.74) is 1.64.